The molecule has 1 fully saturated rings. The first-order chi connectivity index (χ1) is 7.41. The molecular weight excluding hydrogens is 264 g/mol. The quantitative estimate of drug-likeness (QED) is 0.818. The van der Waals surface area contributed by atoms with Crippen molar-refractivity contribution in [3.8, 4) is 0 Å². The van der Waals surface area contributed by atoms with Gasteiger partial charge in [0.25, 0.3) is 10.0 Å². The molecule has 2 heterocycles. The first kappa shape index (κ1) is 14.4. The van der Waals surface area contributed by atoms with Crippen molar-refractivity contribution in [3.63, 3.8) is 0 Å². The van der Waals surface area contributed by atoms with Crippen LogP contribution in [0.1, 0.15) is 12.2 Å². The topological polar surface area (TPSA) is 81.2 Å². The number of hydrogen-bond acceptors (Lipinski definition) is 4. The number of hydrogen-bond donors (Lipinski definition) is 1. The smallest absolute Gasteiger partial charge is 0.262 e. The molecule has 8 heteroatoms. The summed E-state index contributed by atoms with van der Waals surface area (Å²) in [6.07, 6.45) is 2.25. The minimum Gasteiger partial charge on any atom is -0.337 e. The number of aromatic nitrogens is 2. The van der Waals surface area contributed by atoms with Gasteiger partial charge in [-0.05, 0) is 13.3 Å². The largest absolute Gasteiger partial charge is 0.337 e. The van der Waals surface area contributed by atoms with Gasteiger partial charge in [-0.15, -0.1) is 12.4 Å². The van der Waals surface area contributed by atoms with Crippen molar-refractivity contribution in [3.05, 3.63) is 12.0 Å². The van der Waals surface area contributed by atoms with Crippen molar-refractivity contribution in [2.24, 2.45) is 12.8 Å². The third kappa shape index (κ3) is 2.62. The minimum absolute atomic E-state index is 0. The van der Waals surface area contributed by atoms with E-state index in [-0.39, 0.29) is 23.5 Å². The highest BCUT2D eigenvalue weighted by atomic mass is 35.5. The van der Waals surface area contributed by atoms with E-state index in [1.807, 2.05) is 0 Å². The van der Waals surface area contributed by atoms with Crippen LogP contribution in [0.15, 0.2) is 11.2 Å². The van der Waals surface area contributed by atoms with E-state index in [0.717, 1.165) is 0 Å². The molecule has 0 amide bonds. The van der Waals surface area contributed by atoms with Gasteiger partial charge in [-0.2, -0.15) is 4.31 Å². The van der Waals surface area contributed by atoms with Crippen LogP contribution in [0.2, 0.25) is 0 Å². The first-order valence-electron chi connectivity index (χ1n) is 5.17. The van der Waals surface area contributed by atoms with Gasteiger partial charge in [0.2, 0.25) is 0 Å². The van der Waals surface area contributed by atoms with Gasteiger partial charge in [0, 0.05) is 32.4 Å². The van der Waals surface area contributed by atoms with Crippen molar-refractivity contribution in [2.75, 3.05) is 13.1 Å². The highest BCUT2D eigenvalue weighted by Gasteiger charge is 2.32. The summed E-state index contributed by atoms with van der Waals surface area (Å²) in [5.74, 6) is 0.682. The maximum atomic E-state index is 12.1. The highest BCUT2D eigenvalue weighted by molar-refractivity contribution is 7.89. The van der Waals surface area contributed by atoms with E-state index >= 15 is 0 Å². The fourth-order valence-electron chi connectivity index (χ4n) is 1.76. The summed E-state index contributed by atoms with van der Waals surface area (Å²) >= 11 is 0. The molecule has 0 aliphatic carbocycles. The van der Waals surface area contributed by atoms with Gasteiger partial charge in [0.05, 0.1) is 0 Å². The van der Waals surface area contributed by atoms with Crippen LogP contribution in [0.3, 0.4) is 0 Å². The van der Waals surface area contributed by atoms with Gasteiger partial charge < -0.3 is 10.3 Å². The average Bonchev–Trinajstić information content (AvgIpc) is 2.75. The van der Waals surface area contributed by atoms with Crippen LogP contribution < -0.4 is 5.73 Å². The van der Waals surface area contributed by atoms with Crippen LogP contribution in [0.25, 0.3) is 0 Å². The molecule has 1 atom stereocenters. The Kier molecular flexibility index (Phi) is 4.19. The number of sulfonamides is 1. The molecule has 1 aliphatic heterocycles. The standard InChI is InChI=1S/C9H16N4O2S.ClH/c1-7-11-9(6-12(7)2)16(14,15)13-4-3-8(10)5-13;/h6,8H,3-5,10H2,1-2H3;1H. The molecule has 98 valence electrons. The molecule has 6 nitrogen and oxygen atoms in total. The predicted molar refractivity (Wildman–Crippen MR) is 66.5 cm³/mol. The van der Waals surface area contributed by atoms with Gasteiger partial charge in [-0.25, -0.2) is 13.4 Å². The van der Waals surface area contributed by atoms with Crippen LogP contribution in [0.5, 0.6) is 0 Å². The summed E-state index contributed by atoms with van der Waals surface area (Å²) in [6, 6.07) is -0.0559. The molecule has 2 rings (SSSR count). The molecule has 0 spiro atoms. The van der Waals surface area contributed by atoms with Crippen LogP contribution in [0, 0.1) is 6.92 Å². The summed E-state index contributed by atoms with van der Waals surface area (Å²) in [6.45, 7) is 2.64. The van der Waals surface area contributed by atoms with Crippen LogP contribution >= 0.6 is 12.4 Å². The second-order valence-corrected chi connectivity index (χ2v) is 6.03. The van der Waals surface area contributed by atoms with E-state index in [2.05, 4.69) is 4.98 Å². The number of nitrogens with zero attached hydrogens (tertiary/aromatic N) is 3. The lowest BCUT2D eigenvalue weighted by Crippen LogP contribution is -2.32. The molecule has 0 aromatic carbocycles. The maximum Gasteiger partial charge on any atom is 0.262 e. The Labute approximate surface area is 107 Å². The highest BCUT2D eigenvalue weighted by Crippen LogP contribution is 2.19. The van der Waals surface area contributed by atoms with Gasteiger partial charge in [-0.1, -0.05) is 0 Å². The molecule has 1 unspecified atom stereocenters. The summed E-state index contributed by atoms with van der Waals surface area (Å²) in [7, 11) is -1.68. The van der Waals surface area contributed by atoms with Gasteiger partial charge in [0.15, 0.2) is 5.03 Å². The van der Waals surface area contributed by atoms with Crippen LogP contribution in [-0.2, 0) is 17.1 Å². The second-order valence-electron chi connectivity index (χ2n) is 4.15. The fraction of sp³-hybridized carbons (Fsp3) is 0.667. The van der Waals surface area contributed by atoms with Gasteiger partial charge >= 0.3 is 0 Å². The monoisotopic (exact) mass is 280 g/mol. The zero-order valence-electron chi connectivity index (χ0n) is 9.83. The van der Waals surface area contributed by atoms with Crippen LogP contribution in [0.4, 0.5) is 0 Å². The van der Waals surface area contributed by atoms with E-state index in [9.17, 15) is 8.42 Å². The molecule has 2 N–H and O–H groups in total. The summed E-state index contributed by atoms with van der Waals surface area (Å²) < 4.78 is 27.4. The van der Waals surface area contributed by atoms with Gasteiger partial charge in [-0.3, -0.25) is 0 Å². The number of halogens is 1. The Bertz CT molecular complexity index is 480. The Morgan fingerprint density at radius 1 is 1.53 bits per heavy atom. The minimum atomic E-state index is -3.45. The van der Waals surface area contributed by atoms with Crippen molar-refractivity contribution in [1.82, 2.24) is 13.9 Å². The normalized spacial score (nSPS) is 21.5. The molecule has 1 aliphatic rings. The van der Waals surface area contributed by atoms with E-state index < -0.39 is 10.0 Å². The lowest BCUT2D eigenvalue weighted by molar-refractivity contribution is 0.470. The third-order valence-electron chi connectivity index (χ3n) is 2.88. The lowest BCUT2D eigenvalue weighted by atomic mass is 10.3. The van der Waals surface area contributed by atoms with Gasteiger partial charge in [0.1, 0.15) is 5.82 Å². The Morgan fingerprint density at radius 3 is 2.59 bits per heavy atom. The number of rotatable bonds is 2. The molecule has 1 aromatic heterocycles. The molecule has 0 bridgehead atoms. The van der Waals surface area contributed by atoms with Crippen molar-refractivity contribution in [1.29, 1.82) is 0 Å². The summed E-state index contributed by atoms with van der Waals surface area (Å²) in [5.41, 5.74) is 5.70. The second kappa shape index (κ2) is 4.93. The fourth-order valence-corrected chi connectivity index (χ4v) is 3.29. The molecule has 0 saturated carbocycles. The number of imidazole rings is 1. The SMILES string of the molecule is Cc1nc(S(=O)(=O)N2CCC(N)C2)cn1C.Cl. The van der Waals surface area contributed by atoms with Crippen molar-refractivity contribution >= 4 is 22.4 Å². The van der Waals surface area contributed by atoms with E-state index in [1.165, 1.54) is 10.5 Å². The molecule has 1 saturated heterocycles. The third-order valence-corrected chi connectivity index (χ3v) is 4.61. The number of aryl methyl sites for hydroxylation is 2. The van der Waals surface area contributed by atoms with Crippen LogP contribution in [-0.4, -0.2) is 41.4 Å². The maximum absolute atomic E-state index is 12.1. The van der Waals surface area contributed by atoms with Crippen molar-refractivity contribution in [2.45, 2.75) is 24.4 Å². The first-order valence-corrected chi connectivity index (χ1v) is 6.61. The summed E-state index contributed by atoms with van der Waals surface area (Å²) in [4.78, 5) is 4.04. The van der Waals surface area contributed by atoms with Crippen molar-refractivity contribution < 1.29 is 8.42 Å². The zero-order valence-corrected chi connectivity index (χ0v) is 11.5. The predicted octanol–water partition coefficient (Wildman–Crippen LogP) is -0.128. The molecule has 1 aromatic rings. The Balaban J connectivity index is 0.00000144. The average molecular weight is 281 g/mol. The molecule has 17 heavy (non-hydrogen) atoms. The lowest BCUT2D eigenvalue weighted by Gasteiger charge is -2.13. The van der Waals surface area contributed by atoms with E-state index in [0.29, 0.717) is 25.3 Å². The van der Waals surface area contributed by atoms with E-state index in [4.69, 9.17) is 5.73 Å². The van der Waals surface area contributed by atoms with E-state index in [1.54, 1.807) is 18.5 Å². The Morgan fingerprint density at radius 2 is 2.18 bits per heavy atom. The molecular formula is C9H17ClN4O2S. The zero-order chi connectivity index (χ0) is 11.9. The Hall–Kier alpha value is -0.630. The number of nitrogens with two attached hydrogens (primary N) is 1. The summed E-state index contributed by atoms with van der Waals surface area (Å²) in [5, 5.41) is 0.113. The molecule has 0 radical (unpaired) electrons.